The van der Waals surface area contributed by atoms with Crippen molar-refractivity contribution >= 4 is 40.2 Å². The maximum atomic E-state index is 13.0. The van der Waals surface area contributed by atoms with Crippen molar-refractivity contribution in [2.24, 2.45) is 0 Å². The number of pyridine rings is 1. The lowest BCUT2D eigenvalue weighted by Crippen LogP contribution is -2.22. The van der Waals surface area contributed by atoms with E-state index in [9.17, 15) is 18.0 Å². The highest BCUT2D eigenvalue weighted by Gasteiger charge is 2.33. The molecule has 0 spiro atoms. The number of alkyl halides is 3. The number of benzene rings is 1. The van der Waals surface area contributed by atoms with Crippen molar-refractivity contribution in [1.29, 1.82) is 0 Å². The number of nitrogens with one attached hydrogen (secondary N) is 2. The van der Waals surface area contributed by atoms with Crippen molar-refractivity contribution in [3.8, 4) is 0 Å². The van der Waals surface area contributed by atoms with Crippen LogP contribution in [0.5, 0.6) is 0 Å². The van der Waals surface area contributed by atoms with Crippen LogP contribution in [0.1, 0.15) is 16.8 Å². The summed E-state index contributed by atoms with van der Waals surface area (Å²) in [5, 5.41) is 8.98. The summed E-state index contributed by atoms with van der Waals surface area (Å²) in [6, 6.07) is 3.73. The summed E-state index contributed by atoms with van der Waals surface area (Å²) < 4.78 is 44.0. The third-order valence-electron chi connectivity index (χ3n) is 3.68. The molecule has 0 aliphatic rings. The number of hydrogen-bond acceptors (Lipinski definition) is 4. The van der Waals surface area contributed by atoms with Gasteiger partial charge in [0.2, 0.25) is 0 Å². The van der Waals surface area contributed by atoms with E-state index in [0.717, 1.165) is 12.1 Å². The Morgan fingerprint density at radius 1 is 1.19 bits per heavy atom. The van der Waals surface area contributed by atoms with Crippen molar-refractivity contribution in [1.82, 2.24) is 10.1 Å². The molecule has 2 heterocycles. The van der Waals surface area contributed by atoms with Gasteiger partial charge in [-0.05, 0) is 31.5 Å². The van der Waals surface area contributed by atoms with E-state index in [4.69, 9.17) is 16.1 Å². The van der Waals surface area contributed by atoms with E-state index in [1.165, 1.54) is 12.1 Å². The molecule has 0 saturated heterocycles. The monoisotopic (exact) mass is 384 g/mol. The van der Waals surface area contributed by atoms with Crippen molar-refractivity contribution in [2.75, 3.05) is 10.6 Å². The van der Waals surface area contributed by atoms with Crippen LogP contribution in [-0.4, -0.2) is 16.2 Å². The van der Waals surface area contributed by atoms with Crippen LogP contribution < -0.4 is 10.6 Å². The molecule has 2 amide bonds. The molecule has 0 radical (unpaired) electrons. The first-order valence-corrected chi connectivity index (χ1v) is 7.72. The molecule has 0 aliphatic carbocycles. The molecule has 3 aromatic rings. The van der Waals surface area contributed by atoms with E-state index in [1.807, 2.05) is 0 Å². The molecule has 6 nitrogen and oxygen atoms in total. The van der Waals surface area contributed by atoms with Gasteiger partial charge in [-0.15, -0.1) is 0 Å². The van der Waals surface area contributed by atoms with Gasteiger partial charge in [0.05, 0.1) is 27.4 Å². The minimum atomic E-state index is -4.60. The zero-order chi connectivity index (χ0) is 19.1. The lowest BCUT2D eigenvalue weighted by atomic mass is 10.1. The number of aromatic nitrogens is 2. The molecule has 136 valence electrons. The van der Waals surface area contributed by atoms with Gasteiger partial charge in [0.25, 0.3) is 5.71 Å². The molecule has 0 atom stereocenters. The average Bonchev–Trinajstić information content (AvgIpc) is 2.94. The third-order valence-corrected chi connectivity index (χ3v) is 4.23. The van der Waals surface area contributed by atoms with Gasteiger partial charge < -0.3 is 9.84 Å². The summed E-state index contributed by atoms with van der Waals surface area (Å²) in [5.41, 5.74) is -0.0644. The number of para-hydroxylation sites is 1. The fourth-order valence-electron chi connectivity index (χ4n) is 2.46. The van der Waals surface area contributed by atoms with Crippen molar-refractivity contribution in [3.63, 3.8) is 0 Å². The number of halogens is 4. The first-order valence-electron chi connectivity index (χ1n) is 7.34. The van der Waals surface area contributed by atoms with Gasteiger partial charge >= 0.3 is 12.2 Å². The molecular weight excluding hydrogens is 373 g/mol. The molecule has 3 rings (SSSR count). The summed E-state index contributed by atoms with van der Waals surface area (Å²) >= 11 is 6.14. The number of fused-ring (bicyclic) bond motifs is 1. The van der Waals surface area contributed by atoms with Crippen molar-refractivity contribution in [2.45, 2.75) is 20.0 Å². The standard InChI is InChI=1S/C16H12ClF3N4O2/c1-7-11-13(24-26-14(11)21-8(2)12(7)17)23-15(25)22-10-6-4-3-5-9(10)16(18,19)20/h3-6H,1-2H3,(H2,22,23,24,25). The molecule has 0 saturated carbocycles. The van der Waals surface area contributed by atoms with Crippen LogP contribution in [0.15, 0.2) is 28.8 Å². The number of aryl methyl sites for hydroxylation is 2. The van der Waals surface area contributed by atoms with E-state index in [1.54, 1.807) is 13.8 Å². The Balaban J connectivity index is 1.89. The zero-order valence-electron chi connectivity index (χ0n) is 13.5. The van der Waals surface area contributed by atoms with Crippen LogP contribution in [0.25, 0.3) is 11.1 Å². The molecule has 0 fully saturated rings. The number of rotatable bonds is 2. The Kier molecular flexibility index (Phi) is 4.49. The number of anilines is 2. The van der Waals surface area contributed by atoms with Crippen LogP contribution >= 0.6 is 11.6 Å². The first kappa shape index (κ1) is 18.0. The van der Waals surface area contributed by atoms with Crippen LogP contribution in [0.3, 0.4) is 0 Å². The highest BCUT2D eigenvalue weighted by atomic mass is 35.5. The Morgan fingerprint density at radius 2 is 1.88 bits per heavy atom. The summed E-state index contributed by atoms with van der Waals surface area (Å²) in [7, 11) is 0. The number of urea groups is 1. The summed E-state index contributed by atoms with van der Waals surface area (Å²) in [4.78, 5) is 16.3. The molecule has 2 aromatic heterocycles. The number of nitrogens with zero attached hydrogens (tertiary/aromatic N) is 2. The predicted octanol–water partition coefficient (Wildman–Crippen LogP) is 5.16. The summed E-state index contributed by atoms with van der Waals surface area (Å²) in [5.74, 6) is 0.00823. The quantitative estimate of drug-likeness (QED) is 0.639. The second kappa shape index (κ2) is 6.49. The van der Waals surface area contributed by atoms with E-state index in [-0.39, 0.29) is 17.2 Å². The number of carbonyl (C=O) groups is 1. The van der Waals surface area contributed by atoms with Gasteiger partial charge in [0.15, 0.2) is 5.82 Å². The highest BCUT2D eigenvalue weighted by Crippen LogP contribution is 2.35. The Morgan fingerprint density at radius 3 is 2.58 bits per heavy atom. The topological polar surface area (TPSA) is 80.1 Å². The van der Waals surface area contributed by atoms with Gasteiger partial charge in [-0.3, -0.25) is 5.32 Å². The van der Waals surface area contributed by atoms with Gasteiger partial charge in [0, 0.05) is 0 Å². The second-order valence-electron chi connectivity index (χ2n) is 5.47. The fourth-order valence-corrected chi connectivity index (χ4v) is 2.60. The smallest absolute Gasteiger partial charge is 0.334 e. The van der Waals surface area contributed by atoms with E-state index in [0.29, 0.717) is 21.7 Å². The Hall–Kier alpha value is -2.81. The molecular formula is C16H12ClF3N4O2. The minimum Gasteiger partial charge on any atom is -0.334 e. The number of amides is 2. The molecule has 10 heteroatoms. The van der Waals surface area contributed by atoms with E-state index < -0.39 is 17.8 Å². The Labute approximate surface area is 150 Å². The van der Waals surface area contributed by atoms with Gasteiger partial charge in [-0.1, -0.05) is 28.9 Å². The van der Waals surface area contributed by atoms with Crippen molar-refractivity contribution in [3.05, 3.63) is 46.1 Å². The minimum absolute atomic E-state index is 0.00823. The summed E-state index contributed by atoms with van der Waals surface area (Å²) in [6.07, 6.45) is -4.60. The maximum absolute atomic E-state index is 13.0. The lowest BCUT2D eigenvalue weighted by Gasteiger charge is -2.13. The van der Waals surface area contributed by atoms with E-state index >= 15 is 0 Å². The molecule has 1 aromatic carbocycles. The largest absolute Gasteiger partial charge is 0.418 e. The lowest BCUT2D eigenvalue weighted by molar-refractivity contribution is -0.136. The second-order valence-corrected chi connectivity index (χ2v) is 5.85. The molecule has 0 unspecified atom stereocenters. The third kappa shape index (κ3) is 3.30. The highest BCUT2D eigenvalue weighted by molar-refractivity contribution is 6.33. The van der Waals surface area contributed by atoms with Crippen LogP contribution in [0.4, 0.5) is 29.5 Å². The molecule has 0 bridgehead atoms. The normalized spacial score (nSPS) is 11.6. The van der Waals surface area contributed by atoms with E-state index in [2.05, 4.69) is 20.8 Å². The molecule has 0 aliphatic heterocycles. The summed E-state index contributed by atoms with van der Waals surface area (Å²) in [6.45, 7) is 3.38. The fraction of sp³-hybridized carbons (Fsp3) is 0.188. The van der Waals surface area contributed by atoms with Gasteiger partial charge in [-0.2, -0.15) is 13.2 Å². The zero-order valence-corrected chi connectivity index (χ0v) is 14.3. The SMILES string of the molecule is Cc1nc2onc(NC(=O)Nc3ccccc3C(F)(F)F)c2c(C)c1Cl. The first-order chi connectivity index (χ1) is 12.2. The predicted molar refractivity (Wildman–Crippen MR) is 90.4 cm³/mol. The number of hydrogen-bond donors (Lipinski definition) is 2. The van der Waals surface area contributed by atoms with Crippen molar-refractivity contribution < 1.29 is 22.5 Å². The average molecular weight is 385 g/mol. The van der Waals surface area contributed by atoms with Crippen LogP contribution in [0, 0.1) is 13.8 Å². The maximum Gasteiger partial charge on any atom is 0.418 e. The molecule has 26 heavy (non-hydrogen) atoms. The Bertz CT molecular complexity index is 1000. The molecule has 2 N–H and O–H groups in total. The van der Waals surface area contributed by atoms with Gasteiger partial charge in [-0.25, -0.2) is 9.78 Å². The van der Waals surface area contributed by atoms with Gasteiger partial charge in [0.1, 0.15) is 0 Å². The van der Waals surface area contributed by atoms with Crippen LogP contribution in [0.2, 0.25) is 5.02 Å². The number of carbonyl (C=O) groups excluding carboxylic acids is 1. The van der Waals surface area contributed by atoms with Crippen LogP contribution in [-0.2, 0) is 6.18 Å².